The first-order valence-corrected chi connectivity index (χ1v) is 7.39. The van der Waals surface area contributed by atoms with Crippen LogP contribution in [0.4, 0.5) is 0 Å². The summed E-state index contributed by atoms with van der Waals surface area (Å²) < 4.78 is 6.17. The summed E-state index contributed by atoms with van der Waals surface area (Å²) in [6.45, 7) is 2.29. The van der Waals surface area contributed by atoms with Gasteiger partial charge in [0.15, 0.2) is 11.5 Å². The van der Waals surface area contributed by atoms with Crippen molar-refractivity contribution < 1.29 is 9.84 Å². The standard InChI is InChI=1S/C16H21NO2/c1-17-9-8-16-11(10-17)4-2-7-14(16)19-15-12(16)5-3-6-13(15)18/h3,5-6,11,14,18H,2,4,7-10H2,1H3/t11?,14-,16?/m0/s1. The lowest BCUT2D eigenvalue weighted by Gasteiger charge is -2.50. The quantitative estimate of drug-likeness (QED) is 0.777. The van der Waals surface area contributed by atoms with Gasteiger partial charge in [0.2, 0.25) is 0 Å². The van der Waals surface area contributed by atoms with Crippen LogP contribution in [0.3, 0.4) is 0 Å². The van der Waals surface area contributed by atoms with Gasteiger partial charge in [-0.3, -0.25) is 0 Å². The molecule has 1 aliphatic carbocycles. The molecule has 0 radical (unpaired) electrons. The predicted molar refractivity (Wildman–Crippen MR) is 73.7 cm³/mol. The van der Waals surface area contributed by atoms with Gasteiger partial charge in [-0.15, -0.1) is 0 Å². The zero-order valence-corrected chi connectivity index (χ0v) is 11.4. The first-order valence-electron chi connectivity index (χ1n) is 7.39. The summed E-state index contributed by atoms with van der Waals surface area (Å²) >= 11 is 0. The number of piperidine rings is 1. The van der Waals surface area contributed by atoms with Crippen molar-refractivity contribution in [3.8, 4) is 11.5 Å². The molecule has 1 aromatic rings. The summed E-state index contributed by atoms with van der Waals surface area (Å²) in [5.74, 6) is 1.76. The number of hydrogen-bond donors (Lipinski definition) is 1. The molecule has 2 unspecified atom stereocenters. The molecule has 2 fully saturated rings. The van der Waals surface area contributed by atoms with Crippen LogP contribution in [0.25, 0.3) is 0 Å². The number of ether oxygens (including phenoxy) is 1. The molecule has 1 saturated carbocycles. The van der Waals surface area contributed by atoms with Crippen molar-refractivity contribution in [1.82, 2.24) is 4.90 Å². The van der Waals surface area contributed by atoms with Gasteiger partial charge in [0.25, 0.3) is 0 Å². The first kappa shape index (κ1) is 11.6. The van der Waals surface area contributed by atoms with E-state index in [-0.39, 0.29) is 11.5 Å². The SMILES string of the molecule is CN1CCC23c4cccc(O)c4O[C@H]2CCCC3C1. The molecular formula is C16H21NO2. The van der Waals surface area contributed by atoms with Crippen LogP contribution in [-0.4, -0.2) is 36.2 Å². The average Bonchev–Trinajstić information content (AvgIpc) is 2.74. The third-order valence-corrected chi connectivity index (χ3v) is 5.52. The van der Waals surface area contributed by atoms with Crippen molar-refractivity contribution in [1.29, 1.82) is 0 Å². The van der Waals surface area contributed by atoms with E-state index in [2.05, 4.69) is 18.0 Å². The van der Waals surface area contributed by atoms with E-state index in [1.165, 1.54) is 18.4 Å². The number of fused-ring (bicyclic) bond motifs is 1. The molecule has 0 aromatic heterocycles. The van der Waals surface area contributed by atoms with E-state index < -0.39 is 0 Å². The summed E-state index contributed by atoms with van der Waals surface area (Å²) in [5, 5.41) is 10.1. The van der Waals surface area contributed by atoms with E-state index in [9.17, 15) is 5.11 Å². The second-order valence-electron chi connectivity index (χ2n) is 6.44. The molecule has 4 rings (SSSR count). The Morgan fingerprint density at radius 2 is 2.26 bits per heavy atom. The molecule has 1 saturated heterocycles. The molecule has 3 aliphatic rings. The molecule has 1 aromatic carbocycles. The average molecular weight is 259 g/mol. The molecular weight excluding hydrogens is 238 g/mol. The lowest BCUT2D eigenvalue weighted by Crippen LogP contribution is -2.55. The molecule has 1 spiro atoms. The lowest BCUT2D eigenvalue weighted by atomic mass is 9.58. The maximum Gasteiger partial charge on any atom is 0.165 e. The van der Waals surface area contributed by atoms with Gasteiger partial charge in [0.1, 0.15) is 6.10 Å². The third kappa shape index (κ3) is 1.42. The van der Waals surface area contributed by atoms with Gasteiger partial charge in [-0.05, 0) is 51.3 Å². The topological polar surface area (TPSA) is 32.7 Å². The van der Waals surface area contributed by atoms with Gasteiger partial charge in [0.05, 0.1) is 0 Å². The Labute approximate surface area is 114 Å². The summed E-state index contributed by atoms with van der Waals surface area (Å²) in [7, 11) is 2.22. The van der Waals surface area contributed by atoms with Crippen molar-refractivity contribution in [2.24, 2.45) is 5.92 Å². The van der Waals surface area contributed by atoms with Crippen LogP contribution in [0.1, 0.15) is 31.2 Å². The maximum atomic E-state index is 10.1. The number of benzene rings is 1. The molecule has 3 heteroatoms. The molecule has 0 amide bonds. The number of aromatic hydroxyl groups is 1. The van der Waals surface area contributed by atoms with Crippen LogP contribution >= 0.6 is 0 Å². The van der Waals surface area contributed by atoms with E-state index in [0.717, 1.165) is 31.7 Å². The Hall–Kier alpha value is -1.22. The number of para-hydroxylation sites is 1. The highest BCUT2D eigenvalue weighted by Crippen LogP contribution is 2.58. The second kappa shape index (κ2) is 3.89. The Kier molecular flexibility index (Phi) is 2.37. The highest BCUT2D eigenvalue weighted by Gasteiger charge is 2.57. The van der Waals surface area contributed by atoms with Gasteiger partial charge in [-0.25, -0.2) is 0 Å². The smallest absolute Gasteiger partial charge is 0.165 e. The number of rotatable bonds is 0. The van der Waals surface area contributed by atoms with Crippen LogP contribution in [-0.2, 0) is 5.41 Å². The van der Waals surface area contributed by atoms with Crippen LogP contribution in [0.2, 0.25) is 0 Å². The number of hydrogen-bond acceptors (Lipinski definition) is 3. The fourth-order valence-corrected chi connectivity index (χ4v) is 4.64. The Morgan fingerprint density at radius 1 is 1.37 bits per heavy atom. The molecule has 1 N–H and O–H groups in total. The summed E-state index contributed by atoms with van der Waals surface area (Å²) in [5.41, 5.74) is 1.44. The molecule has 2 heterocycles. The zero-order chi connectivity index (χ0) is 13.0. The zero-order valence-electron chi connectivity index (χ0n) is 11.4. The van der Waals surface area contributed by atoms with Crippen LogP contribution < -0.4 is 4.74 Å². The fourth-order valence-electron chi connectivity index (χ4n) is 4.64. The Balaban J connectivity index is 1.86. The minimum absolute atomic E-state index is 0.166. The summed E-state index contributed by atoms with van der Waals surface area (Å²) in [6.07, 6.45) is 5.12. The minimum atomic E-state index is 0.166. The highest BCUT2D eigenvalue weighted by atomic mass is 16.5. The number of phenolic OH excluding ortho intramolecular Hbond substituents is 1. The minimum Gasteiger partial charge on any atom is -0.504 e. The summed E-state index contributed by atoms with van der Waals surface area (Å²) in [6, 6.07) is 5.90. The first-order chi connectivity index (χ1) is 9.22. The van der Waals surface area contributed by atoms with Crippen LogP contribution in [0.5, 0.6) is 11.5 Å². The number of phenols is 1. The third-order valence-electron chi connectivity index (χ3n) is 5.52. The monoisotopic (exact) mass is 259 g/mol. The fraction of sp³-hybridized carbons (Fsp3) is 0.625. The largest absolute Gasteiger partial charge is 0.504 e. The molecule has 3 nitrogen and oxygen atoms in total. The van der Waals surface area contributed by atoms with Crippen molar-refractivity contribution >= 4 is 0 Å². The Bertz CT molecular complexity index is 515. The Morgan fingerprint density at radius 3 is 3.16 bits per heavy atom. The van der Waals surface area contributed by atoms with Crippen molar-refractivity contribution in [3.63, 3.8) is 0 Å². The van der Waals surface area contributed by atoms with E-state index in [1.807, 2.05) is 6.07 Å². The number of nitrogens with zero attached hydrogens (tertiary/aromatic N) is 1. The van der Waals surface area contributed by atoms with Gasteiger partial charge in [0, 0.05) is 17.5 Å². The van der Waals surface area contributed by atoms with Gasteiger partial charge < -0.3 is 14.7 Å². The van der Waals surface area contributed by atoms with Crippen molar-refractivity contribution in [3.05, 3.63) is 23.8 Å². The lowest BCUT2D eigenvalue weighted by molar-refractivity contribution is -0.000158. The molecule has 19 heavy (non-hydrogen) atoms. The molecule has 2 aliphatic heterocycles. The van der Waals surface area contributed by atoms with E-state index >= 15 is 0 Å². The predicted octanol–water partition coefficient (Wildman–Crippen LogP) is 2.53. The van der Waals surface area contributed by atoms with E-state index in [4.69, 9.17) is 4.74 Å². The second-order valence-corrected chi connectivity index (χ2v) is 6.44. The highest BCUT2D eigenvalue weighted by molar-refractivity contribution is 5.54. The normalized spacial score (nSPS) is 37.1. The van der Waals surface area contributed by atoms with E-state index in [1.54, 1.807) is 6.07 Å². The number of likely N-dealkylation sites (tertiary alicyclic amines) is 1. The van der Waals surface area contributed by atoms with Crippen molar-refractivity contribution in [2.45, 2.75) is 37.2 Å². The van der Waals surface area contributed by atoms with Crippen LogP contribution in [0, 0.1) is 5.92 Å². The molecule has 102 valence electrons. The van der Waals surface area contributed by atoms with Crippen LogP contribution in [0.15, 0.2) is 18.2 Å². The van der Waals surface area contributed by atoms with Gasteiger partial charge in [-0.2, -0.15) is 0 Å². The van der Waals surface area contributed by atoms with Crippen molar-refractivity contribution in [2.75, 3.05) is 20.1 Å². The van der Waals surface area contributed by atoms with E-state index in [0.29, 0.717) is 11.7 Å². The van der Waals surface area contributed by atoms with Gasteiger partial charge in [-0.1, -0.05) is 12.1 Å². The molecule has 0 bridgehead atoms. The molecule has 3 atom stereocenters. The summed E-state index contributed by atoms with van der Waals surface area (Å²) in [4.78, 5) is 2.44. The maximum absolute atomic E-state index is 10.1. The van der Waals surface area contributed by atoms with Gasteiger partial charge >= 0.3 is 0 Å².